The second-order valence-corrected chi connectivity index (χ2v) is 5.05. The number of benzene rings is 1. The highest BCUT2D eigenvalue weighted by Crippen LogP contribution is 2.24. The number of nitrogens with one attached hydrogen (secondary N) is 1. The molecule has 5 N–H and O–H groups in total. The van der Waals surface area contributed by atoms with Crippen LogP contribution in [0.5, 0.6) is 0 Å². The van der Waals surface area contributed by atoms with Gasteiger partial charge in [0.15, 0.2) is 0 Å². The van der Waals surface area contributed by atoms with Gasteiger partial charge >= 0.3 is 0 Å². The first-order valence-electron chi connectivity index (χ1n) is 6.48. The van der Waals surface area contributed by atoms with E-state index >= 15 is 0 Å². The molecule has 0 heterocycles. The van der Waals surface area contributed by atoms with E-state index in [2.05, 4.69) is 5.32 Å². The van der Waals surface area contributed by atoms with E-state index in [-0.39, 0.29) is 17.9 Å². The SMILES string of the molecule is NC(=O)c1ccc(CNC(=O)C2CCC(N)C2)cc1. The van der Waals surface area contributed by atoms with Gasteiger partial charge in [0.2, 0.25) is 11.8 Å². The Bertz CT molecular complexity index is 470. The van der Waals surface area contributed by atoms with Gasteiger partial charge in [0.25, 0.3) is 0 Å². The summed E-state index contributed by atoms with van der Waals surface area (Å²) in [4.78, 5) is 22.8. The number of carbonyl (C=O) groups excluding carboxylic acids is 2. The summed E-state index contributed by atoms with van der Waals surface area (Å²) in [6.07, 6.45) is 2.56. The molecule has 0 aromatic heterocycles. The summed E-state index contributed by atoms with van der Waals surface area (Å²) in [5.41, 5.74) is 12.4. The fraction of sp³-hybridized carbons (Fsp3) is 0.429. The van der Waals surface area contributed by atoms with E-state index in [9.17, 15) is 9.59 Å². The summed E-state index contributed by atoms with van der Waals surface area (Å²) in [6.45, 7) is 0.462. The molecule has 1 saturated carbocycles. The van der Waals surface area contributed by atoms with Gasteiger partial charge in [0.05, 0.1) is 0 Å². The molecule has 5 heteroatoms. The molecule has 1 fully saturated rings. The molecule has 0 aliphatic heterocycles. The molecule has 2 amide bonds. The second-order valence-electron chi connectivity index (χ2n) is 5.05. The van der Waals surface area contributed by atoms with E-state index in [1.807, 2.05) is 0 Å². The van der Waals surface area contributed by atoms with Crippen molar-refractivity contribution in [2.75, 3.05) is 0 Å². The smallest absolute Gasteiger partial charge is 0.248 e. The summed E-state index contributed by atoms with van der Waals surface area (Å²) in [6, 6.07) is 7.07. The van der Waals surface area contributed by atoms with E-state index < -0.39 is 5.91 Å². The third kappa shape index (κ3) is 3.54. The molecular weight excluding hydrogens is 242 g/mol. The Morgan fingerprint density at radius 1 is 1.21 bits per heavy atom. The molecule has 0 saturated heterocycles. The van der Waals surface area contributed by atoms with Gasteiger partial charge in [0.1, 0.15) is 0 Å². The van der Waals surface area contributed by atoms with E-state index in [1.165, 1.54) is 0 Å². The van der Waals surface area contributed by atoms with E-state index in [4.69, 9.17) is 11.5 Å². The number of hydrogen-bond donors (Lipinski definition) is 3. The number of nitrogens with two attached hydrogens (primary N) is 2. The van der Waals surface area contributed by atoms with E-state index in [0.717, 1.165) is 24.8 Å². The van der Waals surface area contributed by atoms with Crippen LogP contribution in [0, 0.1) is 5.92 Å². The van der Waals surface area contributed by atoms with Gasteiger partial charge in [0, 0.05) is 24.1 Å². The minimum absolute atomic E-state index is 0.0416. The van der Waals surface area contributed by atoms with Crippen LogP contribution in [-0.2, 0) is 11.3 Å². The van der Waals surface area contributed by atoms with Gasteiger partial charge in [-0.15, -0.1) is 0 Å². The monoisotopic (exact) mass is 261 g/mol. The summed E-state index contributed by atoms with van der Waals surface area (Å²) in [7, 11) is 0. The highest BCUT2D eigenvalue weighted by Gasteiger charge is 2.27. The number of rotatable bonds is 4. The molecule has 1 aliphatic rings. The average molecular weight is 261 g/mol. The van der Waals surface area contributed by atoms with E-state index in [0.29, 0.717) is 12.1 Å². The molecule has 102 valence electrons. The first-order valence-corrected chi connectivity index (χ1v) is 6.48. The number of carbonyl (C=O) groups is 2. The van der Waals surface area contributed by atoms with Crippen molar-refractivity contribution in [3.63, 3.8) is 0 Å². The Morgan fingerprint density at radius 2 is 1.89 bits per heavy atom. The lowest BCUT2D eigenvalue weighted by atomic mass is 10.1. The fourth-order valence-corrected chi connectivity index (χ4v) is 2.37. The minimum Gasteiger partial charge on any atom is -0.366 e. The number of amides is 2. The maximum absolute atomic E-state index is 11.9. The standard InChI is InChI=1S/C14H19N3O2/c15-12-6-5-11(7-12)14(19)17-8-9-1-3-10(4-2-9)13(16)18/h1-4,11-12H,5-8,15H2,(H2,16,18)(H,17,19). The van der Waals surface area contributed by atoms with Crippen molar-refractivity contribution in [3.8, 4) is 0 Å². The van der Waals surface area contributed by atoms with Gasteiger partial charge in [-0.3, -0.25) is 9.59 Å². The normalized spacial score (nSPS) is 22.2. The van der Waals surface area contributed by atoms with Crippen LogP contribution in [0.1, 0.15) is 35.2 Å². The van der Waals surface area contributed by atoms with Crippen LogP contribution in [0.3, 0.4) is 0 Å². The Hall–Kier alpha value is -1.88. The van der Waals surface area contributed by atoms with Gasteiger partial charge in [-0.1, -0.05) is 12.1 Å². The third-order valence-electron chi connectivity index (χ3n) is 3.55. The van der Waals surface area contributed by atoms with Gasteiger partial charge in [-0.05, 0) is 37.0 Å². The first kappa shape index (κ1) is 13.5. The summed E-state index contributed by atoms with van der Waals surface area (Å²) < 4.78 is 0. The van der Waals surface area contributed by atoms with Crippen LogP contribution in [0.2, 0.25) is 0 Å². The zero-order chi connectivity index (χ0) is 13.8. The summed E-state index contributed by atoms with van der Waals surface area (Å²) in [5.74, 6) is -0.345. The lowest BCUT2D eigenvalue weighted by Gasteiger charge is -2.11. The molecule has 1 aromatic carbocycles. The Balaban J connectivity index is 1.85. The quantitative estimate of drug-likeness (QED) is 0.737. The molecular formula is C14H19N3O2. The van der Waals surface area contributed by atoms with Crippen molar-refractivity contribution in [2.45, 2.75) is 31.8 Å². The van der Waals surface area contributed by atoms with Crippen LogP contribution in [0.25, 0.3) is 0 Å². The minimum atomic E-state index is -0.449. The lowest BCUT2D eigenvalue weighted by molar-refractivity contribution is -0.125. The van der Waals surface area contributed by atoms with Crippen molar-refractivity contribution in [1.82, 2.24) is 5.32 Å². The zero-order valence-corrected chi connectivity index (χ0v) is 10.8. The topological polar surface area (TPSA) is 98.2 Å². The highest BCUT2D eigenvalue weighted by atomic mass is 16.2. The molecule has 1 aromatic rings. The largest absolute Gasteiger partial charge is 0.366 e. The van der Waals surface area contributed by atoms with Crippen LogP contribution < -0.4 is 16.8 Å². The molecule has 2 atom stereocenters. The highest BCUT2D eigenvalue weighted by molar-refractivity contribution is 5.92. The fourth-order valence-electron chi connectivity index (χ4n) is 2.37. The molecule has 2 unspecified atom stereocenters. The number of primary amides is 1. The summed E-state index contributed by atoms with van der Waals surface area (Å²) in [5, 5.41) is 2.90. The molecule has 2 rings (SSSR count). The zero-order valence-electron chi connectivity index (χ0n) is 10.8. The predicted octanol–water partition coefficient (Wildman–Crippen LogP) is 0.529. The second kappa shape index (κ2) is 5.84. The van der Waals surface area contributed by atoms with Crippen molar-refractivity contribution >= 4 is 11.8 Å². The molecule has 1 aliphatic carbocycles. The first-order chi connectivity index (χ1) is 9.06. The van der Waals surface area contributed by atoms with Crippen molar-refractivity contribution in [3.05, 3.63) is 35.4 Å². The maximum Gasteiger partial charge on any atom is 0.248 e. The van der Waals surface area contributed by atoms with Crippen LogP contribution in [0.4, 0.5) is 0 Å². The Labute approximate surface area is 112 Å². The van der Waals surface area contributed by atoms with Gasteiger partial charge in [-0.25, -0.2) is 0 Å². The van der Waals surface area contributed by atoms with E-state index in [1.54, 1.807) is 24.3 Å². The molecule has 0 radical (unpaired) electrons. The summed E-state index contributed by atoms with van der Waals surface area (Å²) >= 11 is 0. The molecule has 0 spiro atoms. The Kier molecular flexibility index (Phi) is 4.16. The van der Waals surface area contributed by atoms with Crippen molar-refractivity contribution < 1.29 is 9.59 Å². The number of hydrogen-bond acceptors (Lipinski definition) is 3. The molecule has 5 nitrogen and oxygen atoms in total. The molecule has 19 heavy (non-hydrogen) atoms. The predicted molar refractivity (Wildman–Crippen MR) is 72.1 cm³/mol. The van der Waals surface area contributed by atoms with Crippen molar-refractivity contribution in [1.29, 1.82) is 0 Å². The molecule has 0 bridgehead atoms. The van der Waals surface area contributed by atoms with Crippen LogP contribution >= 0.6 is 0 Å². The lowest BCUT2D eigenvalue weighted by Crippen LogP contribution is -2.30. The van der Waals surface area contributed by atoms with Crippen LogP contribution in [0.15, 0.2) is 24.3 Å². The van der Waals surface area contributed by atoms with Gasteiger partial charge in [-0.2, -0.15) is 0 Å². The Morgan fingerprint density at radius 3 is 2.42 bits per heavy atom. The maximum atomic E-state index is 11.9. The average Bonchev–Trinajstić information content (AvgIpc) is 2.83. The van der Waals surface area contributed by atoms with Gasteiger partial charge < -0.3 is 16.8 Å². The van der Waals surface area contributed by atoms with Crippen molar-refractivity contribution in [2.24, 2.45) is 17.4 Å². The van der Waals surface area contributed by atoms with Crippen LogP contribution in [-0.4, -0.2) is 17.9 Å². The third-order valence-corrected chi connectivity index (χ3v) is 3.55.